The van der Waals surface area contributed by atoms with Crippen LogP contribution in [0.25, 0.3) is 0 Å². The molecule has 1 aliphatic heterocycles. The molecule has 1 saturated heterocycles. The van der Waals surface area contributed by atoms with Crippen molar-refractivity contribution in [1.29, 1.82) is 0 Å². The Morgan fingerprint density at radius 2 is 1.40 bits per heavy atom. The molecule has 6 nitrogen and oxygen atoms in total. The molecule has 0 bridgehead atoms. The van der Waals surface area contributed by atoms with Gasteiger partial charge in [-0.3, -0.25) is 9.69 Å². The zero-order chi connectivity index (χ0) is 31.2. The number of benzene rings is 3. The lowest BCUT2D eigenvalue weighted by Crippen LogP contribution is -2.50. The first kappa shape index (κ1) is 31.9. The molecular weight excluding hydrogens is 574 g/mol. The molecule has 0 radical (unpaired) electrons. The summed E-state index contributed by atoms with van der Waals surface area (Å²) in [6.45, 7) is 0.883. The molecule has 1 aliphatic rings. The SMILES string of the molecule is CN(CCc1cc(C(F)(F)F)cc(C(F)(F)F)c1)C(=O)C(c1ccccc1)N1CCC(NC(=O)Nc2ccccc2)CC1. The number of anilines is 1. The van der Waals surface area contributed by atoms with E-state index in [1.165, 1.54) is 11.9 Å². The Bertz CT molecular complexity index is 1340. The Hall–Kier alpha value is -4.06. The zero-order valence-electron chi connectivity index (χ0n) is 23.4. The van der Waals surface area contributed by atoms with Crippen molar-refractivity contribution in [3.05, 3.63) is 101 Å². The van der Waals surface area contributed by atoms with Crippen LogP contribution >= 0.6 is 0 Å². The number of likely N-dealkylation sites (N-methyl/N-ethyl adjacent to an activating group) is 1. The van der Waals surface area contributed by atoms with Crippen molar-refractivity contribution < 1.29 is 35.9 Å². The number of nitrogens with zero attached hydrogens (tertiary/aromatic N) is 2. The zero-order valence-corrected chi connectivity index (χ0v) is 23.4. The molecule has 12 heteroatoms. The molecular formula is C31H32F6N4O2. The summed E-state index contributed by atoms with van der Waals surface area (Å²) in [5.74, 6) is -0.331. The molecule has 1 atom stereocenters. The van der Waals surface area contributed by atoms with Gasteiger partial charge in [-0.2, -0.15) is 26.3 Å². The fourth-order valence-electron chi connectivity index (χ4n) is 5.10. The molecule has 2 N–H and O–H groups in total. The van der Waals surface area contributed by atoms with Crippen LogP contribution in [0.15, 0.2) is 78.9 Å². The normalized spacial score (nSPS) is 15.5. The summed E-state index contributed by atoms with van der Waals surface area (Å²) in [5, 5.41) is 5.74. The minimum atomic E-state index is -4.95. The summed E-state index contributed by atoms with van der Waals surface area (Å²) in [7, 11) is 1.48. The van der Waals surface area contributed by atoms with Crippen LogP contribution in [-0.2, 0) is 23.6 Å². The summed E-state index contributed by atoms with van der Waals surface area (Å²) < 4.78 is 79.8. The highest BCUT2D eigenvalue weighted by Gasteiger charge is 2.37. The third kappa shape index (κ3) is 8.73. The van der Waals surface area contributed by atoms with Crippen molar-refractivity contribution in [2.24, 2.45) is 0 Å². The molecule has 4 rings (SSSR count). The number of carbonyl (C=O) groups is 2. The molecule has 1 unspecified atom stereocenters. The Labute approximate surface area is 245 Å². The number of hydrogen-bond acceptors (Lipinski definition) is 3. The molecule has 0 aromatic heterocycles. The van der Waals surface area contributed by atoms with Crippen molar-refractivity contribution >= 4 is 17.6 Å². The Morgan fingerprint density at radius 1 is 0.860 bits per heavy atom. The Balaban J connectivity index is 1.42. The van der Waals surface area contributed by atoms with Gasteiger partial charge in [-0.15, -0.1) is 0 Å². The first-order valence-electron chi connectivity index (χ1n) is 13.8. The van der Waals surface area contributed by atoms with E-state index >= 15 is 0 Å². The highest BCUT2D eigenvalue weighted by Crippen LogP contribution is 2.36. The number of carbonyl (C=O) groups excluding carboxylic acids is 2. The lowest BCUT2D eigenvalue weighted by atomic mass is 9.98. The van der Waals surface area contributed by atoms with Crippen LogP contribution in [-0.4, -0.2) is 54.5 Å². The molecule has 0 saturated carbocycles. The van der Waals surface area contributed by atoms with Gasteiger partial charge in [-0.25, -0.2) is 4.79 Å². The number of alkyl halides is 6. The second-order valence-electron chi connectivity index (χ2n) is 10.5. The van der Waals surface area contributed by atoms with Crippen LogP contribution in [0.4, 0.5) is 36.8 Å². The number of para-hydroxylation sites is 1. The first-order valence-corrected chi connectivity index (χ1v) is 13.8. The van der Waals surface area contributed by atoms with Gasteiger partial charge in [0.05, 0.1) is 11.1 Å². The molecule has 3 aromatic rings. The average molecular weight is 607 g/mol. The van der Waals surface area contributed by atoms with E-state index in [0.717, 1.165) is 0 Å². The van der Waals surface area contributed by atoms with Gasteiger partial charge in [-0.05, 0) is 60.7 Å². The number of urea groups is 1. The van der Waals surface area contributed by atoms with Crippen molar-refractivity contribution in [3.63, 3.8) is 0 Å². The van der Waals surface area contributed by atoms with Crippen LogP contribution in [0.1, 0.15) is 41.1 Å². The molecule has 0 spiro atoms. The molecule has 3 aromatic carbocycles. The number of amides is 3. The van der Waals surface area contributed by atoms with Gasteiger partial charge in [0.25, 0.3) is 0 Å². The summed E-state index contributed by atoms with van der Waals surface area (Å²) in [6.07, 6.45) is -8.93. The molecule has 0 aliphatic carbocycles. The molecule has 43 heavy (non-hydrogen) atoms. The molecule has 1 heterocycles. The summed E-state index contributed by atoms with van der Waals surface area (Å²) in [4.78, 5) is 29.5. The Morgan fingerprint density at radius 3 is 1.93 bits per heavy atom. The van der Waals surface area contributed by atoms with Crippen molar-refractivity contribution in [3.8, 4) is 0 Å². The lowest BCUT2D eigenvalue weighted by molar-refractivity contribution is -0.143. The van der Waals surface area contributed by atoms with Gasteiger partial charge >= 0.3 is 18.4 Å². The Kier molecular flexibility index (Phi) is 10.0. The van der Waals surface area contributed by atoms with Gasteiger partial charge in [0.1, 0.15) is 6.04 Å². The first-order chi connectivity index (χ1) is 20.3. The number of hydrogen-bond donors (Lipinski definition) is 2. The minimum absolute atomic E-state index is 0.0849. The van der Waals surface area contributed by atoms with E-state index in [-0.39, 0.29) is 42.6 Å². The maximum Gasteiger partial charge on any atom is 0.416 e. The smallest absolute Gasteiger partial charge is 0.344 e. The van der Waals surface area contributed by atoms with Gasteiger partial charge < -0.3 is 15.5 Å². The fraction of sp³-hybridized carbons (Fsp3) is 0.355. The quantitative estimate of drug-likeness (QED) is 0.279. The number of halogens is 6. The highest BCUT2D eigenvalue weighted by atomic mass is 19.4. The summed E-state index contributed by atoms with van der Waals surface area (Å²) in [5.41, 5.74) is -1.57. The molecule has 1 fully saturated rings. The topological polar surface area (TPSA) is 64.7 Å². The second-order valence-corrected chi connectivity index (χ2v) is 10.5. The minimum Gasteiger partial charge on any atom is -0.344 e. The van der Waals surface area contributed by atoms with Crippen molar-refractivity contribution in [1.82, 2.24) is 15.1 Å². The lowest BCUT2D eigenvalue weighted by Gasteiger charge is -2.38. The summed E-state index contributed by atoms with van der Waals surface area (Å²) in [6, 6.07) is 18.3. The second kappa shape index (κ2) is 13.5. The fourth-order valence-corrected chi connectivity index (χ4v) is 5.10. The van der Waals surface area contributed by atoms with Gasteiger partial charge in [-0.1, -0.05) is 48.5 Å². The predicted molar refractivity (Wildman–Crippen MR) is 150 cm³/mol. The monoisotopic (exact) mass is 606 g/mol. The van der Waals surface area contributed by atoms with E-state index in [1.807, 2.05) is 29.2 Å². The van der Waals surface area contributed by atoms with Gasteiger partial charge in [0.15, 0.2) is 0 Å². The van der Waals surface area contributed by atoms with Crippen LogP contribution in [0.3, 0.4) is 0 Å². The van der Waals surface area contributed by atoms with Crippen LogP contribution in [0, 0.1) is 0 Å². The number of likely N-dealkylation sites (tertiary alicyclic amines) is 1. The number of nitrogens with one attached hydrogen (secondary N) is 2. The van der Waals surface area contributed by atoms with E-state index in [2.05, 4.69) is 10.6 Å². The predicted octanol–water partition coefficient (Wildman–Crippen LogP) is 6.75. The third-order valence-electron chi connectivity index (χ3n) is 7.37. The van der Waals surface area contributed by atoms with Crippen LogP contribution < -0.4 is 10.6 Å². The average Bonchev–Trinajstić information content (AvgIpc) is 2.97. The molecule has 3 amide bonds. The number of rotatable bonds is 8. The van der Waals surface area contributed by atoms with Crippen LogP contribution in [0.5, 0.6) is 0 Å². The maximum atomic E-state index is 13.7. The highest BCUT2D eigenvalue weighted by molar-refractivity contribution is 5.89. The van der Waals surface area contributed by atoms with Crippen molar-refractivity contribution in [2.75, 3.05) is 32.0 Å². The van der Waals surface area contributed by atoms with E-state index in [9.17, 15) is 35.9 Å². The van der Waals surface area contributed by atoms with E-state index < -0.39 is 29.5 Å². The third-order valence-corrected chi connectivity index (χ3v) is 7.37. The van der Waals surface area contributed by atoms with Crippen molar-refractivity contribution in [2.45, 2.75) is 43.7 Å². The van der Waals surface area contributed by atoms with E-state index in [4.69, 9.17) is 0 Å². The summed E-state index contributed by atoms with van der Waals surface area (Å²) >= 11 is 0. The maximum absolute atomic E-state index is 13.7. The number of piperidine rings is 1. The van der Waals surface area contributed by atoms with E-state index in [1.54, 1.807) is 36.4 Å². The van der Waals surface area contributed by atoms with E-state index in [0.29, 0.717) is 49.3 Å². The van der Waals surface area contributed by atoms with Gasteiger partial charge in [0, 0.05) is 38.4 Å². The molecule has 230 valence electrons. The van der Waals surface area contributed by atoms with Gasteiger partial charge in [0.2, 0.25) is 5.91 Å². The largest absolute Gasteiger partial charge is 0.416 e. The standard InChI is InChI=1S/C31H32F6N4O2/c1-40(15-12-21-18-23(30(32,33)34)20-24(19-21)31(35,36)37)28(42)27(22-8-4-2-5-9-22)41-16-13-26(14-17-41)39-29(43)38-25-10-6-3-7-11-25/h2-11,18-20,26-27H,12-17H2,1H3,(H2,38,39,43). The van der Waals surface area contributed by atoms with Crippen LogP contribution in [0.2, 0.25) is 0 Å².